The van der Waals surface area contributed by atoms with Gasteiger partial charge in [-0.3, -0.25) is 0 Å². The zero-order chi connectivity index (χ0) is 15.5. The summed E-state index contributed by atoms with van der Waals surface area (Å²) in [5, 5.41) is 3.60. The highest BCUT2D eigenvalue weighted by molar-refractivity contribution is 9.10. The molecule has 4 bridgehead atoms. The Labute approximate surface area is 143 Å². The second-order valence-corrected chi connectivity index (χ2v) is 10.1. The largest absolute Gasteiger partial charge is 0.380 e. The highest BCUT2D eigenvalue weighted by Crippen LogP contribution is 2.61. The maximum absolute atomic E-state index is 3.82. The normalized spacial score (nSPS) is 36.6. The van der Waals surface area contributed by atoms with Gasteiger partial charge in [0.2, 0.25) is 0 Å². The lowest BCUT2D eigenvalue weighted by atomic mass is 9.48. The molecule has 0 unspecified atom stereocenters. The van der Waals surface area contributed by atoms with E-state index in [1.54, 1.807) is 5.56 Å². The van der Waals surface area contributed by atoms with Crippen LogP contribution in [0, 0.1) is 17.8 Å². The van der Waals surface area contributed by atoms with E-state index in [0.29, 0.717) is 5.41 Å². The molecule has 4 aliphatic rings. The molecule has 0 radical (unpaired) electrons. The second kappa shape index (κ2) is 5.00. The van der Waals surface area contributed by atoms with Crippen molar-refractivity contribution in [3.05, 3.63) is 28.2 Å². The third-order valence-electron chi connectivity index (χ3n) is 6.13. The van der Waals surface area contributed by atoms with E-state index in [-0.39, 0.29) is 5.54 Å². The lowest BCUT2D eigenvalue weighted by Crippen LogP contribution is -2.48. The Bertz CT molecular complexity index is 549. The third-order valence-corrected chi connectivity index (χ3v) is 6.79. The molecule has 5 rings (SSSR count). The van der Waals surface area contributed by atoms with E-state index in [9.17, 15) is 0 Å². The number of halogens is 1. The molecule has 0 spiro atoms. The molecule has 120 valence electrons. The lowest BCUT2D eigenvalue weighted by Gasteiger charge is -2.57. The molecular weight excluding hydrogens is 334 g/mol. The smallest absolute Gasteiger partial charge is 0.0488 e. The van der Waals surface area contributed by atoms with E-state index < -0.39 is 0 Å². The molecule has 4 saturated carbocycles. The van der Waals surface area contributed by atoms with E-state index in [1.165, 1.54) is 48.7 Å². The monoisotopic (exact) mass is 361 g/mol. The minimum atomic E-state index is 0.102. The van der Waals surface area contributed by atoms with Gasteiger partial charge >= 0.3 is 0 Å². The summed E-state index contributed by atoms with van der Waals surface area (Å²) in [5.41, 5.74) is 3.42. The maximum Gasteiger partial charge on any atom is 0.0488 e. The molecule has 0 saturated heterocycles. The number of benzene rings is 1. The van der Waals surface area contributed by atoms with Crippen LogP contribution in [0.4, 0.5) is 5.69 Å². The van der Waals surface area contributed by atoms with Gasteiger partial charge in [0.15, 0.2) is 0 Å². The van der Waals surface area contributed by atoms with Gasteiger partial charge in [-0.05, 0) is 116 Å². The zero-order valence-corrected chi connectivity index (χ0v) is 15.7. The van der Waals surface area contributed by atoms with Crippen LogP contribution in [0.5, 0.6) is 0 Å². The van der Waals surface area contributed by atoms with E-state index in [2.05, 4.69) is 60.2 Å². The van der Waals surface area contributed by atoms with Crippen molar-refractivity contribution in [2.24, 2.45) is 17.8 Å². The number of hydrogen-bond donors (Lipinski definition) is 1. The van der Waals surface area contributed by atoms with Crippen LogP contribution in [0.3, 0.4) is 0 Å². The lowest BCUT2D eigenvalue weighted by molar-refractivity contribution is -0.00520. The van der Waals surface area contributed by atoms with Crippen molar-refractivity contribution < 1.29 is 0 Å². The first-order chi connectivity index (χ1) is 10.3. The summed E-state index contributed by atoms with van der Waals surface area (Å²) in [6.45, 7) is 6.64. The quantitative estimate of drug-likeness (QED) is 0.668. The van der Waals surface area contributed by atoms with Gasteiger partial charge in [-0.25, -0.2) is 0 Å². The molecular formula is C20H28BrN. The van der Waals surface area contributed by atoms with Gasteiger partial charge in [-0.15, -0.1) is 0 Å². The maximum atomic E-state index is 3.82. The molecule has 1 nitrogen and oxygen atoms in total. The molecule has 4 aliphatic carbocycles. The summed E-state index contributed by atoms with van der Waals surface area (Å²) >= 11 is 3.82. The summed E-state index contributed by atoms with van der Waals surface area (Å²) in [5.74, 6) is 3.03. The molecule has 0 aromatic heterocycles. The number of rotatable bonds is 2. The van der Waals surface area contributed by atoms with E-state index in [1.807, 2.05) is 0 Å². The van der Waals surface area contributed by atoms with Crippen LogP contribution in [0.2, 0.25) is 0 Å². The molecule has 1 N–H and O–H groups in total. The van der Waals surface area contributed by atoms with Crippen molar-refractivity contribution in [2.75, 3.05) is 5.32 Å². The van der Waals surface area contributed by atoms with Gasteiger partial charge in [0.25, 0.3) is 0 Å². The van der Waals surface area contributed by atoms with Gasteiger partial charge in [0.05, 0.1) is 0 Å². The van der Waals surface area contributed by atoms with Crippen LogP contribution in [0.1, 0.15) is 64.9 Å². The Morgan fingerprint density at radius 2 is 1.55 bits per heavy atom. The number of hydrogen-bond acceptors (Lipinski definition) is 1. The second-order valence-electron chi connectivity index (χ2n) is 9.27. The Hall–Kier alpha value is -0.500. The van der Waals surface area contributed by atoms with Crippen LogP contribution < -0.4 is 5.32 Å². The highest BCUT2D eigenvalue weighted by Gasteiger charge is 2.51. The Morgan fingerprint density at radius 1 is 1.00 bits per heavy atom. The number of anilines is 1. The Balaban J connectivity index is 1.64. The van der Waals surface area contributed by atoms with E-state index >= 15 is 0 Å². The topological polar surface area (TPSA) is 12.0 Å². The van der Waals surface area contributed by atoms with Crippen molar-refractivity contribution in [1.29, 1.82) is 0 Å². The molecule has 22 heavy (non-hydrogen) atoms. The minimum Gasteiger partial charge on any atom is -0.380 e. The fourth-order valence-corrected chi connectivity index (χ4v) is 6.29. The van der Waals surface area contributed by atoms with Crippen LogP contribution in [-0.2, 0) is 5.41 Å². The van der Waals surface area contributed by atoms with Gasteiger partial charge in [0.1, 0.15) is 0 Å². The fraction of sp³-hybridized carbons (Fsp3) is 0.700. The zero-order valence-electron chi connectivity index (χ0n) is 14.1. The standard InChI is InChI=1S/C20H28BrN/c1-19(2,3)22-18-5-4-16(9-17(18)21)20-10-13-6-14(11-20)8-15(7-13)12-20/h4-5,9,13-15,22H,6-8,10-12H2,1-3H3. The first-order valence-corrected chi connectivity index (χ1v) is 9.70. The average Bonchev–Trinajstić information content (AvgIpc) is 2.38. The van der Waals surface area contributed by atoms with Crippen molar-refractivity contribution in [2.45, 2.75) is 70.3 Å². The van der Waals surface area contributed by atoms with Crippen LogP contribution >= 0.6 is 15.9 Å². The third kappa shape index (κ3) is 2.62. The fourth-order valence-electron chi connectivity index (χ4n) is 5.81. The molecule has 1 aromatic carbocycles. The summed E-state index contributed by atoms with van der Waals surface area (Å²) in [6.07, 6.45) is 8.88. The van der Waals surface area contributed by atoms with E-state index in [0.717, 1.165) is 17.8 Å². The first-order valence-electron chi connectivity index (χ1n) is 8.91. The molecule has 0 atom stereocenters. The van der Waals surface area contributed by atoms with Crippen molar-refractivity contribution in [3.63, 3.8) is 0 Å². The molecule has 1 aromatic rings. The first kappa shape index (κ1) is 15.1. The summed E-state index contributed by atoms with van der Waals surface area (Å²) in [7, 11) is 0. The van der Waals surface area contributed by atoms with Gasteiger partial charge in [-0.2, -0.15) is 0 Å². The van der Waals surface area contributed by atoms with Gasteiger partial charge in [0, 0.05) is 15.7 Å². The van der Waals surface area contributed by atoms with Gasteiger partial charge < -0.3 is 5.32 Å². The van der Waals surface area contributed by atoms with Gasteiger partial charge in [-0.1, -0.05) is 6.07 Å². The molecule has 4 fully saturated rings. The van der Waals surface area contributed by atoms with Crippen molar-refractivity contribution in [1.82, 2.24) is 0 Å². The number of nitrogens with one attached hydrogen (secondary N) is 1. The predicted octanol–water partition coefficient (Wildman–Crippen LogP) is 6.13. The molecule has 2 heteroatoms. The van der Waals surface area contributed by atoms with E-state index in [4.69, 9.17) is 0 Å². The minimum absolute atomic E-state index is 0.102. The molecule has 0 heterocycles. The molecule has 0 aliphatic heterocycles. The SMILES string of the molecule is CC(C)(C)Nc1ccc(C23CC4CC(CC(C4)C2)C3)cc1Br. The van der Waals surface area contributed by atoms with Crippen LogP contribution in [-0.4, -0.2) is 5.54 Å². The Kier molecular flexibility index (Phi) is 3.42. The average molecular weight is 362 g/mol. The summed E-state index contributed by atoms with van der Waals surface area (Å²) < 4.78 is 1.23. The summed E-state index contributed by atoms with van der Waals surface area (Å²) in [4.78, 5) is 0. The van der Waals surface area contributed by atoms with Crippen LogP contribution in [0.15, 0.2) is 22.7 Å². The molecule has 0 amide bonds. The van der Waals surface area contributed by atoms with Crippen molar-refractivity contribution in [3.8, 4) is 0 Å². The predicted molar refractivity (Wildman–Crippen MR) is 97.4 cm³/mol. The summed E-state index contributed by atoms with van der Waals surface area (Å²) in [6, 6.07) is 7.12. The Morgan fingerprint density at radius 3 is 2.00 bits per heavy atom. The van der Waals surface area contributed by atoms with Crippen LogP contribution in [0.25, 0.3) is 0 Å². The highest BCUT2D eigenvalue weighted by atomic mass is 79.9. The van der Waals surface area contributed by atoms with Crippen molar-refractivity contribution >= 4 is 21.6 Å².